The zero-order valence-corrected chi connectivity index (χ0v) is 16.0. The van der Waals surface area contributed by atoms with Crippen LogP contribution < -0.4 is 15.4 Å². The summed E-state index contributed by atoms with van der Waals surface area (Å²) in [5.74, 6) is -0.735. The highest BCUT2D eigenvalue weighted by Crippen LogP contribution is 2.26. The lowest BCUT2D eigenvalue weighted by Gasteiger charge is -2.11. The van der Waals surface area contributed by atoms with Crippen molar-refractivity contribution in [2.45, 2.75) is 18.7 Å². The highest BCUT2D eigenvalue weighted by atomic mass is 35.5. The molecule has 0 aliphatic rings. The zero-order valence-electron chi connectivity index (χ0n) is 14.4. The topological polar surface area (TPSA) is 104 Å². The molecule has 2 amide bonds. The monoisotopic (exact) mass is 395 g/mol. The highest BCUT2D eigenvalue weighted by molar-refractivity contribution is 7.89. The van der Waals surface area contributed by atoms with Gasteiger partial charge in [-0.2, -0.15) is 0 Å². The summed E-state index contributed by atoms with van der Waals surface area (Å²) in [6.45, 7) is 3.07. The molecule has 9 heteroatoms. The Balaban J connectivity index is 2.29. The normalized spacial score (nSPS) is 11.1. The lowest BCUT2D eigenvalue weighted by atomic mass is 10.1. The summed E-state index contributed by atoms with van der Waals surface area (Å²) >= 11 is 6.08. The van der Waals surface area contributed by atoms with Crippen LogP contribution in [0.1, 0.15) is 22.8 Å². The lowest BCUT2D eigenvalue weighted by Crippen LogP contribution is -2.20. The van der Waals surface area contributed by atoms with Crippen LogP contribution in [0.5, 0.6) is 0 Å². The molecule has 0 radical (unpaired) electrons. The minimum absolute atomic E-state index is 0.00483. The number of hydrogen-bond acceptors (Lipinski definition) is 4. The van der Waals surface area contributed by atoms with Crippen LogP contribution in [0.15, 0.2) is 41.3 Å². The van der Waals surface area contributed by atoms with Crippen molar-refractivity contribution >= 4 is 44.8 Å². The number of carbonyl (C=O) groups excluding carboxylic acids is 2. The van der Waals surface area contributed by atoms with Gasteiger partial charge in [0.15, 0.2) is 0 Å². The van der Waals surface area contributed by atoms with Crippen molar-refractivity contribution in [2.24, 2.45) is 0 Å². The summed E-state index contributed by atoms with van der Waals surface area (Å²) in [6.07, 6.45) is 0. The second-order valence-electron chi connectivity index (χ2n) is 5.51. The Labute approximate surface area is 156 Å². The second kappa shape index (κ2) is 7.86. The first-order valence-electron chi connectivity index (χ1n) is 7.56. The molecule has 0 aromatic heterocycles. The van der Waals surface area contributed by atoms with Gasteiger partial charge in [-0.25, -0.2) is 13.1 Å². The van der Waals surface area contributed by atoms with Crippen molar-refractivity contribution in [3.8, 4) is 0 Å². The Morgan fingerprint density at radius 3 is 2.31 bits per heavy atom. The van der Waals surface area contributed by atoms with E-state index in [-0.39, 0.29) is 21.4 Å². The maximum absolute atomic E-state index is 12.5. The van der Waals surface area contributed by atoms with Crippen LogP contribution in [0, 0.1) is 6.92 Å². The molecule has 3 N–H and O–H groups in total. The second-order valence-corrected chi connectivity index (χ2v) is 7.81. The van der Waals surface area contributed by atoms with Crippen molar-refractivity contribution < 1.29 is 18.0 Å². The molecule has 2 aromatic carbocycles. The molecule has 0 fully saturated rings. The van der Waals surface area contributed by atoms with Crippen LogP contribution in [0.4, 0.5) is 11.4 Å². The molecule has 0 unspecified atom stereocenters. The summed E-state index contributed by atoms with van der Waals surface area (Å²) in [7, 11) is -2.36. The molecule has 138 valence electrons. The molecular weight excluding hydrogens is 378 g/mol. The van der Waals surface area contributed by atoms with Crippen LogP contribution in [0.25, 0.3) is 0 Å². The summed E-state index contributed by atoms with van der Waals surface area (Å²) < 4.78 is 26.1. The largest absolute Gasteiger partial charge is 0.325 e. The van der Waals surface area contributed by atoms with E-state index >= 15 is 0 Å². The Morgan fingerprint density at radius 2 is 1.73 bits per heavy atom. The molecule has 7 nitrogen and oxygen atoms in total. The van der Waals surface area contributed by atoms with Gasteiger partial charge in [0.2, 0.25) is 15.9 Å². The number of anilines is 2. The summed E-state index contributed by atoms with van der Waals surface area (Å²) in [5, 5.41) is 5.50. The molecule has 0 saturated carbocycles. The quantitative estimate of drug-likeness (QED) is 0.723. The predicted octanol–water partition coefficient (Wildman–Crippen LogP) is 2.77. The van der Waals surface area contributed by atoms with Gasteiger partial charge in [-0.05, 0) is 49.9 Å². The third-order valence-electron chi connectivity index (χ3n) is 3.57. The fourth-order valence-electron chi connectivity index (χ4n) is 2.21. The summed E-state index contributed by atoms with van der Waals surface area (Å²) in [4.78, 5) is 23.6. The van der Waals surface area contributed by atoms with E-state index in [1.165, 1.54) is 32.2 Å². The SMILES string of the molecule is CNS(=O)(=O)c1ccc(C)c(C(=O)Nc2ccc(NC(C)=O)c(Cl)c2)c1. The van der Waals surface area contributed by atoms with E-state index in [0.29, 0.717) is 16.9 Å². The number of aryl methyl sites for hydroxylation is 1. The molecule has 0 aliphatic heterocycles. The highest BCUT2D eigenvalue weighted by Gasteiger charge is 2.17. The maximum atomic E-state index is 12.5. The Bertz CT molecular complexity index is 974. The number of benzene rings is 2. The first kappa shape index (κ1) is 19.9. The first-order valence-corrected chi connectivity index (χ1v) is 9.43. The molecule has 2 aromatic rings. The minimum Gasteiger partial charge on any atom is -0.325 e. The van der Waals surface area contributed by atoms with E-state index in [1.54, 1.807) is 25.1 Å². The molecule has 0 aliphatic carbocycles. The molecule has 0 heterocycles. The van der Waals surface area contributed by atoms with Crippen molar-refractivity contribution in [2.75, 3.05) is 17.7 Å². The van der Waals surface area contributed by atoms with Crippen LogP contribution in [0.2, 0.25) is 5.02 Å². The van der Waals surface area contributed by atoms with E-state index in [2.05, 4.69) is 15.4 Å². The van der Waals surface area contributed by atoms with Crippen molar-refractivity contribution in [1.82, 2.24) is 4.72 Å². The Kier molecular flexibility index (Phi) is 6.01. The van der Waals surface area contributed by atoms with Crippen molar-refractivity contribution in [1.29, 1.82) is 0 Å². The lowest BCUT2D eigenvalue weighted by molar-refractivity contribution is -0.114. The molecule has 0 bridgehead atoms. The fraction of sp³-hybridized carbons (Fsp3) is 0.176. The predicted molar refractivity (Wildman–Crippen MR) is 101 cm³/mol. The number of sulfonamides is 1. The van der Waals surface area contributed by atoms with E-state index < -0.39 is 15.9 Å². The van der Waals surface area contributed by atoms with Gasteiger partial charge in [-0.3, -0.25) is 9.59 Å². The fourth-order valence-corrected chi connectivity index (χ4v) is 3.20. The number of nitrogens with one attached hydrogen (secondary N) is 3. The molecule has 0 saturated heterocycles. The van der Waals surface area contributed by atoms with Gasteiger partial charge in [0.05, 0.1) is 15.6 Å². The molecule has 26 heavy (non-hydrogen) atoms. The Hall–Kier alpha value is -2.42. The van der Waals surface area contributed by atoms with Gasteiger partial charge in [-0.1, -0.05) is 17.7 Å². The first-order chi connectivity index (χ1) is 12.1. The smallest absolute Gasteiger partial charge is 0.255 e. The van der Waals surface area contributed by atoms with Gasteiger partial charge in [-0.15, -0.1) is 0 Å². The third-order valence-corrected chi connectivity index (χ3v) is 5.30. The van der Waals surface area contributed by atoms with Crippen molar-refractivity contribution in [3.05, 3.63) is 52.5 Å². The zero-order chi connectivity index (χ0) is 19.5. The third kappa shape index (κ3) is 4.60. The average molecular weight is 396 g/mol. The molecular formula is C17H18ClN3O4S. The van der Waals surface area contributed by atoms with E-state index in [0.717, 1.165) is 0 Å². The summed E-state index contributed by atoms with van der Waals surface area (Å²) in [5.41, 5.74) is 1.69. The van der Waals surface area contributed by atoms with Gasteiger partial charge in [0.25, 0.3) is 5.91 Å². The van der Waals surface area contributed by atoms with Crippen LogP contribution in [-0.2, 0) is 14.8 Å². The number of halogens is 1. The molecule has 0 spiro atoms. The number of carbonyl (C=O) groups is 2. The van der Waals surface area contributed by atoms with Gasteiger partial charge in [0.1, 0.15) is 0 Å². The number of amides is 2. The van der Waals surface area contributed by atoms with Crippen LogP contribution >= 0.6 is 11.6 Å². The van der Waals surface area contributed by atoms with E-state index in [4.69, 9.17) is 11.6 Å². The molecule has 0 atom stereocenters. The maximum Gasteiger partial charge on any atom is 0.255 e. The van der Waals surface area contributed by atoms with Crippen LogP contribution in [-0.4, -0.2) is 27.3 Å². The average Bonchev–Trinajstić information content (AvgIpc) is 2.57. The van der Waals surface area contributed by atoms with Gasteiger partial charge in [0, 0.05) is 18.2 Å². The minimum atomic E-state index is -3.66. The van der Waals surface area contributed by atoms with Crippen LogP contribution in [0.3, 0.4) is 0 Å². The van der Waals surface area contributed by atoms with Crippen molar-refractivity contribution in [3.63, 3.8) is 0 Å². The standard InChI is InChI=1S/C17H18ClN3O4S/c1-10-4-6-13(26(24,25)19-3)9-14(10)17(23)21-12-5-7-16(15(18)8-12)20-11(2)22/h4-9,19H,1-3H3,(H,20,22)(H,21,23). The number of rotatable bonds is 5. The molecule has 2 rings (SSSR count). The van der Waals surface area contributed by atoms with Gasteiger partial charge < -0.3 is 10.6 Å². The van der Waals surface area contributed by atoms with E-state index in [1.807, 2.05) is 0 Å². The Morgan fingerprint density at radius 1 is 1.04 bits per heavy atom. The summed E-state index contributed by atoms with van der Waals surface area (Å²) in [6, 6.07) is 8.94. The number of hydrogen-bond donors (Lipinski definition) is 3. The van der Waals surface area contributed by atoms with E-state index in [9.17, 15) is 18.0 Å². The van der Waals surface area contributed by atoms with Gasteiger partial charge >= 0.3 is 0 Å².